The van der Waals surface area contributed by atoms with Crippen LogP contribution in [0.5, 0.6) is 0 Å². The SMILES string of the molecule is C=CCN(C(=O)C1(C(=O)O)CCC1)C1CC1. The molecule has 0 bridgehead atoms. The summed E-state index contributed by atoms with van der Waals surface area (Å²) in [5.74, 6) is -1.16. The lowest BCUT2D eigenvalue weighted by Gasteiger charge is -2.39. The largest absolute Gasteiger partial charge is 0.480 e. The molecule has 0 radical (unpaired) electrons. The zero-order valence-electron chi connectivity index (χ0n) is 9.32. The quantitative estimate of drug-likeness (QED) is 0.566. The van der Waals surface area contributed by atoms with Gasteiger partial charge in [0.05, 0.1) is 0 Å². The molecule has 0 heterocycles. The minimum atomic E-state index is -1.12. The summed E-state index contributed by atoms with van der Waals surface area (Å²) in [5.41, 5.74) is -1.12. The first-order valence-corrected chi connectivity index (χ1v) is 5.77. The predicted molar refractivity (Wildman–Crippen MR) is 58.9 cm³/mol. The monoisotopic (exact) mass is 223 g/mol. The third-order valence-electron chi connectivity index (χ3n) is 3.60. The maximum absolute atomic E-state index is 12.3. The second-order valence-electron chi connectivity index (χ2n) is 4.72. The average Bonchev–Trinajstić information content (AvgIpc) is 2.94. The number of aliphatic carboxylic acids is 1. The molecule has 88 valence electrons. The molecule has 0 atom stereocenters. The van der Waals surface area contributed by atoms with Gasteiger partial charge in [0, 0.05) is 12.6 Å². The number of amides is 1. The first kappa shape index (κ1) is 11.2. The fourth-order valence-corrected chi connectivity index (χ4v) is 2.25. The summed E-state index contributed by atoms with van der Waals surface area (Å²) in [7, 11) is 0. The third kappa shape index (κ3) is 1.62. The molecule has 0 aromatic heterocycles. The molecule has 1 amide bonds. The van der Waals surface area contributed by atoms with Gasteiger partial charge in [-0.15, -0.1) is 6.58 Å². The highest BCUT2D eigenvalue weighted by Crippen LogP contribution is 2.44. The van der Waals surface area contributed by atoms with Crippen LogP contribution in [0.3, 0.4) is 0 Å². The highest BCUT2D eigenvalue weighted by Gasteiger charge is 2.54. The number of hydrogen-bond acceptors (Lipinski definition) is 2. The van der Waals surface area contributed by atoms with Crippen LogP contribution in [0.25, 0.3) is 0 Å². The fraction of sp³-hybridized carbons (Fsp3) is 0.667. The van der Waals surface area contributed by atoms with Gasteiger partial charge in [-0.05, 0) is 25.7 Å². The number of carbonyl (C=O) groups excluding carboxylic acids is 1. The molecular formula is C12H17NO3. The van der Waals surface area contributed by atoms with Gasteiger partial charge in [-0.25, -0.2) is 0 Å². The Kier molecular flexibility index (Phi) is 2.74. The maximum atomic E-state index is 12.3. The van der Waals surface area contributed by atoms with Crippen molar-refractivity contribution >= 4 is 11.9 Å². The number of rotatable bonds is 5. The standard InChI is InChI=1S/C12H17NO3/c1-2-8-13(9-4-5-9)10(14)12(11(15)16)6-3-7-12/h2,9H,1,3-8H2,(H,15,16). The molecule has 0 aromatic carbocycles. The highest BCUT2D eigenvalue weighted by molar-refractivity contribution is 6.03. The average molecular weight is 223 g/mol. The number of carboxylic acids is 1. The van der Waals surface area contributed by atoms with Crippen molar-refractivity contribution < 1.29 is 14.7 Å². The van der Waals surface area contributed by atoms with Gasteiger partial charge >= 0.3 is 5.97 Å². The normalized spacial score (nSPS) is 22.0. The molecule has 0 aromatic rings. The Balaban J connectivity index is 2.14. The van der Waals surface area contributed by atoms with Crippen LogP contribution in [0.2, 0.25) is 0 Å². The van der Waals surface area contributed by atoms with E-state index in [-0.39, 0.29) is 11.9 Å². The molecule has 0 aliphatic heterocycles. The summed E-state index contributed by atoms with van der Waals surface area (Å²) in [6.45, 7) is 4.09. The number of carbonyl (C=O) groups is 2. The van der Waals surface area contributed by atoms with Crippen molar-refractivity contribution in [1.29, 1.82) is 0 Å². The number of carboxylic acid groups (broad SMARTS) is 1. The summed E-state index contributed by atoms with van der Waals surface area (Å²) in [5, 5.41) is 9.20. The Bertz CT molecular complexity index is 329. The highest BCUT2D eigenvalue weighted by atomic mass is 16.4. The van der Waals surface area contributed by atoms with Gasteiger partial charge in [-0.1, -0.05) is 12.5 Å². The lowest BCUT2D eigenvalue weighted by Crippen LogP contribution is -2.53. The predicted octanol–water partition coefficient (Wildman–Crippen LogP) is 1.42. The van der Waals surface area contributed by atoms with E-state index in [9.17, 15) is 14.7 Å². The molecule has 0 spiro atoms. The van der Waals surface area contributed by atoms with E-state index in [0.29, 0.717) is 19.4 Å². The number of hydrogen-bond donors (Lipinski definition) is 1. The van der Waals surface area contributed by atoms with Crippen LogP contribution in [-0.4, -0.2) is 34.5 Å². The van der Waals surface area contributed by atoms with E-state index in [2.05, 4.69) is 6.58 Å². The van der Waals surface area contributed by atoms with E-state index in [1.807, 2.05) is 0 Å². The summed E-state index contributed by atoms with van der Waals surface area (Å²) >= 11 is 0. The molecule has 2 aliphatic carbocycles. The van der Waals surface area contributed by atoms with Gasteiger partial charge < -0.3 is 10.0 Å². The van der Waals surface area contributed by atoms with Crippen molar-refractivity contribution in [1.82, 2.24) is 4.90 Å². The molecule has 0 saturated heterocycles. The van der Waals surface area contributed by atoms with Crippen molar-refractivity contribution in [2.24, 2.45) is 5.41 Å². The summed E-state index contributed by atoms with van der Waals surface area (Å²) in [4.78, 5) is 25.2. The van der Waals surface area contributed by atoms with Crippen LogP contribution in [0.15, 0.2) is 12.7 Å². The first-order valence-electron chi connectivity index (χ1n) is 5.77. The van der Waals surface area contributed by atoms with E-state index in [4.69, 9.17) is 0 Å². The molecule has 4 heteroatoms. The summed E-state index contributed by atoms with van der Waals surface area (Å²) in [6.07, 6.45) is 5.47. The van der Waals surface area contributed by atoms with E-state index < -0.39 is 11.4 Å². The Morgan fingerprint density at radius 1 is 1.44 bits per heavy atom. The van der Waals surface area contributed by atoms with Crippen molar-refractivity contribution in [3.8, 4) is 0 Å². The van der Waals surface area contributed by atoms with Gasteiger partial charge in [0.25, 0.3) is 0 Å². The van der Waals surface area contributed by atoms with E-state index in [0.717, 1.165) is 19.3 Å². The van der Waals surface area contributed by atoms with Gasteiger partial charge in [0.1, 0.15) is 5.41 Å². The van der Waals surface area contributed by atoms with E-state index in [1.54, 1.807) is 11.0 Å². The lowest BCUT2D eigenvalue weighted by molar-refractivity contribution is -0.167. The van der Waals surface area contributed by atoms with Crippen LogP contribution >= 0.6 is 0 Å². The van der Waals surface area contributed by atoms with Gasteiger partial charge in [-0.2, -0.15) is 0 Å². The van der Waals surface area contributed by atoms with Gasteiger partial charge in [0.15, 0.2) is 0 Å². The Labute approximate surface area is 94.9 Å². The smallest absolute Gasteiger partial charge is 0.319 e. The summed E-state index contributed by atoms with van der Waals surface area (Å²) < 4.78 is 0. The number of nitrogens with zero attached hydrogens (tertiary/aromatic N) is 1. The Morgan fingerprint density at radius 3 is 2.38 bits per heavy atom. The van der Waals surface area contributed by atoms with Crippen LogP contribution < -0.4 is 0 Å². The zero-order chi connectivity index (χ0) is 11.8. The second kappa shape index (κ2) is 3.92. The van der Waals surface area contributed by atoms with Crippen LogP contribution in [0, 0.1) is 5.41 Å². The molecule has 2 saturated carbocycles. The van der Waals surface area contributed by atoms with E-state index >= 15 is 0 Å². The minimum absolute atomic E-state index is 0.200. The summed E-state index contributed by atoms with van der Waals surface area (Å²) in [6, 6.07) is 0.252. The van der Waals surface area contributed by atoms with Gasteiger partial charge in [-0.3, -0.25) is 9.59 Å². The topological polar surface area (TPSA) is 57.6 Å². The molecular weight excluding hydrogens is 206 g/mol. The van der Waals surface area contributed by atoms with Crippen molar-refractivity contribution in [3.05, 3.63) is 12.7 Å². The minimum Gasteiger partial charge on any atom is -0.480 e. The molecule has 2 rings (SSSR count). The first-order chi connectivity index (χ1) is 7.62. The lowest BCUT2D eigenvalue weighted by atomic mass is 9.67. The molecule has 4 nitrogen and oxygen atoms in total. The van der Waals surface area contributed by atoms with Crippen molar-refractivity contribution in [2.45, 2.75) is 38.1 Å². The molecule has 0 unspecified atom stereocenters. The maximum Gasteiger partial charge on any atom is 0.319 e. The van der Waals surface area contributed by atoms with Crippen LogP contribution in [-0.2, 0) is 9.59 Å². The zero-order valence-corrected chi connectivity index (χ0v) is 9.32. The second-order valence-corrected chi connectivity index (χ2v) is 4.72. The fourth-order valence-electron chi connectivity index (χ4n) is 2.25. The van der Waals surface area contributed by atoms with Crippen molar-refractivity contribution in [3.63, 3.8) is 0 Å². The van der Waals surface area contributed by atoms with E-state index in [1.165, 1.54) is 0 Å². The molecule has 2 fully saturated rings. The Hall–Kier alpha value is -1.32. The third-order valence-corrected chi connectivity index (χ3v) is 3.60. The van der Waals surface area contributed by atoms with Gasteiger partial charge in [0.2, 0.25) is 5.91 Å². The van der Waals surface area contributed by atoms with Crippen LogP contribution in [0.1, 0.15) is 32.1 Å². The molecule has 1 N–H and O–H groups in total. The molecule has 16 heavy (non-hydrogen) atoms. The van der Waals surface area contributed by atoms with Crippen LogP contribution in [0.4, 0.5) is 0 Å². The van der Waals surface area contributed by atoms with Crippen molar-refractivity contribution in [2.75, 3.05) is 6.54 Å². The molecule has 2 aliphatic rings. The Morgan fingerprint density at radius 2 is 2.06 bits per heavy atom.